The van der Waals surface area contributed by atoms with Crippen molar-refractivity contribution in [2.24, 2.45) is 5.73 Å². The Labute approximate surface area is 207 Å². The quantitative estimate of drug-likeness (QED) is 0.393. The van der Waals surface area contributed by atoms with E-state index in [-0.39, 0.29) is 23.1 Å². The van der Waals surface area contributed by atoms with Gasteiger partial charge in [0.2, 0.25) is 5.43 Å². The second-order valence-corrected chi connectivity index (χ2v) is 10.7. The molecule has 2 aliphatic heterocycles. The molecule has 0 spiro atoms. The van der Waals surface area contributed by atoms with Crippen LogP contribution in [0.15, 0.2) is 17.1 Å². The summed E-state index contributed by atoms with van der Waals surface area (Å²) < 4.78 is 48.4. The van der Waals surface area contributed by atoms with E-state index in [1.165, 1.54) is 12.3 Å². The monoisotopic (exact) mass is 527 g/mol. The first kappa shape index (κ1) is 27.6. The SMILES string of the molecule is CS(=O)(=O)O.C[C@H](N)C(=O)OC1CCN(c2c(F)cc3c(=O)c(C(=O)O)cn4c3c2CC[C@H]4C)CC1. The molecule has 198 valence electrons. The van der Waals surface area contributed by atoms with Crippen LogP contribution in [0.2, 0.25) is 0 Å². The summed E-state index contributed by atoms with van der Waals surface area (Å²) in [7, 11) is -3.67. The molecule has 36 heavy (non-hydrogen) atoms. The Morgan fingerprint density at radius 2 is 1.83 bits per heavy atom. The molecule has 1 fully saturated rings. The zero-order valence-electron chi connectivity index (χ0n) is 20.2. The lowest BCUT2D eigenvalue weighted by atomic mass is 9.93. The number of benzene rings is 1. The van der Waals surface area contributed by atoms with E-state index < -0.39 is 39.3 Å². The van der Waals surface area contributed by atoms with Crippen LogP contribution < -0.4 is 16.1 Å². The lowest BCUT2D eigenvalue weighted by molar-refractivity contribution is -0.151. The number of carboxylic acids is 1. The summed E-state index contributed by atoms with van der Waals surface area (Å²) in [6.45, 7) is 4.53. The fourth-order valence-corrected chi connectivity index (χ4v) is 4.60. The number of rotatable bonds is 4. The van der Waals surface area contributed by atoms with Gasteiger partial charge in [0.15, 0.2) is 0 Å². The fourth-order valence-electron chi connectivity index (χ4n) is 4.60. The number of aromatic carboxylic acids is 1. The molecule has 0 bridgehead atoms. The molecule has 3 heterocycles. The maximum atomic E-state index is 15.3. The number of aromatic nitrogens is 1. The van der Waals surface area contributed by atoms with Crippen molar-refractivity contribution in [3.8, 4) is 0 Å². The van der Waals surface area contributed by atoms with Gasteiger partial charge in [0.1, 0.15) is 23.5 Å². The van der Waals surface area contributed by atoms with Gasteiger partial charge in [0.25, 0.3) is 10.1 Å². The molecule has 2 aromatic rings. The van der Waals surface area contributed by atoms with Crippen molar-refractivity contribution < 1.29 is 36.8 Å². The number of hydrogen-bond acceptors (Lipinski definition) is 8. The molecule has 0 unspecified atom stereocenters. The van der Waals surface area contributed by atoms with E-state index in [0.29, 0.717) is 56.2 Å². The summed E-state index contributed by atoms with van der Waals surface area (Å²) in [4.78, 5) is 37.9. The van der Waals surface area contributed by atoms with Crippen molar-refractivity contribution in [1.29, 1.82) is 0 Å². The number of hydrogen-bond donors (Lipinski definition) is 3. The minimum absolute atomic E-state index is 0.00425. The largest absolute Gasteiger partial charge is 0.477 e. The van der Waals surface area contributed by atoms with Crippen LogP contribution in [0.3, 0.4) is 0 Å². The minimum Gasteiger partial charge on any atom is -0.477 e. The van der Waals surface area contributed by atoms with Gasteiger partial charge in [-0.15, -0.1) is 0 Å². The van der Waals surface area contributed by atoms with Crippen molar-refractivity contribution in [3.05, 3.63) is 39.4 Å². The highest BCUT2D eigenvalue weighted by Gasteiger charge is 2.31. The molecule has 2 aliphatic rings. The summed E-state index contributed by atoms with van der Waals surface area (Å²) in [5.41, 5.74) is 6.33. The third-order valence-electron chi connectivity index (χ3n) is 6.27. The second kappa shape index (κ2) is 10.5. The smallest absolute Gasteiger partial charge is 0.341 e. The fraction of sp³-hybridized carbons (Fsp3) is 0.522. The highest BCUT2D eigenvalue weighted by Crippen LogP contribution is 2.39. The summed E-state index contributed by atoms with van der Waals surface area (Å²) in [6, 6.07) is 0.477. The average Bonchev–Trinajstić information content (AvgIpc) is 2.76. The number of ether oxygens (including phenoxy) is 1. The number of pyridine rings is 1. The number of nitrogens with zero attached hydrogens (tertiary/aromatic N) is 2. The van der Waals surface area contributed by atoms with E-state index in [1.807, 2.05) is 11.8 Å². The maximum Gasteiger partial charge on any atom is 0.341 e. The maximum absolute atomic E-state index is 15.3. The second-order valence-electron chi connectivity index (χ2n) is 9.20. The zero-order chi connectivity index (χ0) is 26.9. The topological polar surface area (TPSA) is 169 Å². The molecule has 0 saturated carbocycles. The van der Waals surface area contributed by atoms with Gasteiger partial charge < -0.3 is 25.0 Å². The summed E-state index contributed by atoms with van der Waals surface area (Å²) >= 11 is 0. The third kappa shape index (κ3) is 6.02. The average molecular weight is 528 g/mol. The number of esters is 1. The summed E-state index contributed by atoms with van der Waals surface area (Å²) in [5, 5.41) is 9.51. The van der Waals surface area contributed by atoms with Crippen LogP contribution in [0, 0.1) is 5.82 Å². The Morgan fingerprint density at radius 1 is 1.25 bits per heavy atom. The molecular weight excluding hydrogens is 497 g/mol. The van der Waals surface area contributed by atoms with Crippen LogP contribution >= 0.6 is 0 Å². The first-order chi connectivity index (χ1) is 16.7. The van der Waals surface area contributed by atoms with Crippen LogP contribution in [0.1, 0.15) is 55.1 Å². The van der Waals surface area contributed by atoms with Gasteiger partial charge in [0, 0.05) is 49.1 Å². The highest BCUT2D eigenvalue weighted by molar-refractivity contribution is 7.85. The molecule has 1 aromatic carbocycles. The molecule has 1 aromatic heterocycles. The first-order valence-electron chi connectivity index (χ1n) is 11.5. The van der Waals surface area contributed by atoms with Crippen molar-refractivity contribution in [3.63, 3.8) is 0 Å². The standard InChI is InChI=1S/C22H26FN3O5.CH4O3S/c1-11-3-4-14-18-15(20(27)16(21(28)29)10-26(11)18)9-17(23)19(14)25-7-5-13(6-8-25)31-22(30)12(2)24;1-5(2,3)4/h9-13H,3-8,24H2,1-2H3,(H,28,29);1H3,(H,2,3,4)/t11-,12+;/m1./s1. The van der Waals surface area contributed by atoms with E-state index >= 15 is 4.39 Å². The van der Waals surface area contributed by atoms with Crippen molar-refractivity contribution in [2.75, 3.05) is 24.2 Å². The number of nitrogens with two attached hydrogens (primary N) is 1. The van der Waals surface area contributed by atoms with Gasteiger partial charge >= 0.3 is 11.9 Å². The van der Waals surface area contributed by atoms with Crippen LogP contribution in [0.25, 0.3) is 10.9 Å². The Hall–Kier alpha value is -3.03. The number of carboxylic acid groups (broad SMARTS) is 1. The molecule has 1 saturated heterocycles. The minimum atomic E-state index is -3.67. The van der Waals surface area contributed by atoms with Crippen LogP contribution in [-0.4, -0.2) is 66.1 Å². The summed E-state index contributed by atoms with van der Waals surface area (Å²) in [6.07, 6.45) is 4.24. The van der Waals surface area contributed by atoms with Crippen molar-refractivity contribution >= 4 is 38.6 Å². The Kier molecular flexibility index (Phi) is 8.06. The van der Waals surface area contributed by atoms with Gasteiger partial charge in [-0.2, -0.15) is 8.42 Å². The molecule has 13 heteroatoms. The molecule has 2 atom stereocenters. The molecule has 4 rings (SSSR count). The number of aryl methyl sites for hydroxylation is 1. The molecular formula is C23H30FN3O8S. The number of piperidine rings is 1. The first-order valence-corrected chi connectivity index (χ1v) is 13.3. The number of carbonyl (C=O) groups is 2. The highest BCUT2D eigenvalue weighted by atomic mass is 32.2. The van der Waals surface area contributed by atoms with Gasteiger partial charge in [-0.05, 0) is 32.8 Å². The number of anilines is 1. The zero-order valence-corrected chi connectivity index (χ0v) is 21.0. The lowest BCUT2D eigenvalue weighted by Crippen LogP contribution is -2.41. The Morgan fingerprint density at radius 3 is 2.36 bits per heavy atom. The Bertz CT molecular complexity index is 1340. The van der Waals surface area contributed by atoms with Crippen LogP contribution in [0.5, 0.6) is 0 Å². The van der Waals surface area contributed by atoms with Crippen LogP contribution in [0.4, 0.5) is 10.1 Å². The van der Waals surface area contributed by atoms with Gasteiger partial charge in [0.05, 0.1) is 17.5 Å². The van der Waals surface area contributed by atoms with Crippen molar-refractivity contribution in [1.82, 2.24) is 4.57 Å². The predicted octanol–water partition coefficient (Wildman–Crippen LogP) is 1.71. The molecule has 0 aliphatic carbocycles. The molecule has 11 nitrogen and oxygen atoms in total. The van der Waals surface area contributed by atoms with Crippen molar-refractivity contribution in [2.45, 2.75) is 57.7 Å². The predicted molar refractivity (Wildman–Crippen MR) is 131 cm³/mol. The van der Waals surface area contributed by atoms with Gasteiger partial charge in [-0.25, -0.2) is 9.18 Å². The van der Waals surface area contributed by atoms with Crippen LogP contribution in [-0.2, 0) is 26.1 Å². The van der Waals surface area contributed by atoms with E-state index in [2.05, 4.69) is 0 Å². The molecule has 0 amide bonds. The van der Waals surface area contributed by atoms with E-state index in [1.54, 1.807) is 11.5 Å². The van der Waals surface area contributed by atoms with E-state index in [4.69, 9.17) is 15.0 Å². The molecule has 0 radical (unpaired) electrons. The van der Waals surface area contributed by atoms with Gasteiger partial charge in [-0.3, -0.25) is 14.1 Å². The number of halogens is 1. The van der Waals surface area contributed by atoms with E-state index in [9.17, 15) is 27.9 Å². The van der Waals surface area contributed by atoms with Gasteiger partial charge in [-0.1, -0.05) is 0 Å². The molecule has 4 N–H and O–H groups in total. The number of carbonyl (C=O) groups excluding carboxylic acids is 1. The normalized spacial score (nSPS) is 18.8. The Balaban J connectivity index is 0.000000658. The lowest BCUT2D eigenvalue weighted by Gasteiger charge is -2.37. The summed E-state index contributed by atoms with van der Waals surface area (Å²) in [5.74, 6) is -2.30. The third-order valence-corrected chi connectivity index (χ3v) is 6.27. The van der Waals surface area contributed by atoms with E-state index in [0.717, 1.165) is 5.56 Å².